The van der Waals surface area contributed by atoms with Crippen molar-refractivity contribution in [1.82, 2.24) is 5.32 Å². The average molecular weight is 342 g/mol. The molecule has 0 aliphatic heterocycles. The number of hydrogen-bond donors (Lipinski definition) is 1. The van der Waals surface area contributed by atoms with Gasteiger partial charge in [0, 0.05) is 24.7 Å². The summed E-state index contributed by atoms with van der Waals surface area (Å²) in [6.07, 6.45) is -4.33. The highest BCUT2D eigenvalue weighted by Gasteiger charge is 2.28. The molecule has 1 rings (SSSR count). The van der Waals surface area contributed by atoms with E-state index in [-0.39, 0.29) is 5.75 Å². The van der Waals surface area contributed by atoms with Crippen LogP contribution in [0.2, 0.25) is 0 Å². The molecular weight excluding hydrogens is 327 g/mol. The molecule has 0 bridgehead atoms. The van der Waals surface area contributed by atoms with Gasteiger partial charge in [-0.05, 0) is 23.8 Å². The van der Waals surface area contributed by atoms with Gasteiger partial charge in [0.05, 0.1) is 6.61 Å². The van der Waals surface area contributed by atoms with Gasteiger partial charge in [-0.15, -0.1) is 0 Å². The summed E-state index contributed by atoms with van der Waals surface area (Å²) in [6, 6.07) is 4.74. The molecule has 1 aromatic carbocycles. The van der Waals surface area contributed by atoms with Crippen LogP contribution in [0.1, 0.15) is 5.56 Å². The molecule has 1 aromatic rings. The van der Waals surface area contributed by atoms with Crippen molar-refractivity contribution in [2.45, 2.75) is 12.7 Å². The van der Waals surface area contributed by atoms with Crippen LogP contribution in [0, 0.1) is 0 Å². The molecule has 0 aliphatic carbocycles. The van der Waals surface area contributed by atoms with Gasteiger partial charge in [0.1, 0.15) is 5.75 Å². The van der Waals surface area contributed by atoms with Crippen molar-refractivity contribution < 1.29 is 22.6 Å². The van der Waals surface area contributed by atoms with Crippen molar-refractivity contribution in [3.63, 3.8) is 0 Å². The fourth-order valence-corrected chi connectivity index (χ4v) is 1.73. The second-order valence-corrected chi connectivity index (χ2v) is 4.68. The van der Waals surface area contributed by atoms with Crippen molar-refractivity contribution >= 4 is 15.9 Å². The Balaban J connectivity index is 2.56. The van der Waals surface area contributed by atoms with E-state index in [1.807, 2.05) is 0 Å². The van der Waals surface area contributed by atoms with Crippen LogP contribution < -0.4 is 10.1 Å². The summed E-state index contributed by atoms with van der Waals surface area (Å²) in [7, 11) is 1.60. The Labute approximate surface area is 118 Å². The molecule has 0 saturated heterocycles. The smallest absolute Gasteiger partial charge is 0.422 e. The van der Waals surface area contributed by atoms with Gasteiger partial charge < -0.3 is 14.8 Å². The third kappa shape index (κ3) is 6.79. The van der Waals surface area contributed by atoms with Gasteiger partial charge in [-0.3, -0.25) is 0 Å². The predicted octanol–water partition coefficient (Wildman–Crippen LogP) is 3.13. The van der Waals surface area contributed by atoms with E-state index in [0.717, 1.165) is 10.0 Å². The molecule has 0 saturated carbocycles. The summed E-state index contributed by atoms with van der Waals surface area (Å²) < 4.78 is 46.5. The monoisotopic (exact) mass is 341 g/mol. The molecule has 19 heavy (non-hydrogen) atoms. The first kappa shape index (κ1) is 16.3. The molecule has 0 amide bonds. The summed E-state index contributed by atoms with van der Waals surface area (Å²) >= 11 is 3.34. The highest BCUT2D eigenvalue weighted by Crippen LogP contribution is 2.24. The normalized spacial score (nSPS) is 11.6. The summed E-state index contributed by atoms with van der Waals surface area (Å²) in [6.45, 7) is 0.469. The fourth-order valence-electron chi connectivity index (χ4n) is 1.34. The van der Waals surface area contributed by atoms with Crippen molar-refractivity contribution in [3.8, 4) is 5.75 Å². The van der Waals surface area contributed by atoms with Gasteiger partial charge in [0.15, 0.2) is 6.61 Å². The van der Waals surface area contributed by atoms with Gasteiger partial charge in [0.2, 0.25) is 0 Å². The quantitative estimate of drug-likeness (QED) is 0.773. The first-order chi connectivity index (χ1) is 8.92. The van der Waals surface area contributed by atoms with Crippen molar-refractivity contribution in [2.24, 2.45) is 0 Å². The minimum absolute atomic E-state index is 0.198. The molecule has 1 N–H and O–H groups in total. The van der Waals surface area contributed by atoms with Crippen LogP contribution in [0.15, 0.2) is 22.7 Å². The Morgan fingerprint density at radius 3 is 2.68 bits per heavy atom. The molecular formula is C12H15BrF3NO2. The lowest BCUT2D eigenvalue weighted by atomic mass is 10.2. The molecule has 0 aromatic heterocycles. The third-order valence-electron chi connectivity index (χ3n) is 2.22. The molecule has 0 spiro atoms. The van der Waals surface area contributed by atoms with Crippen LogP contribution in [-0.4, -0.2) is 33.0 Å². The van der Waals surface area contributed by atoms with E-state index in [0.29, 0.717) is 19.7 Å². The zero-order chi connectivity index (χ0) is 14.3. The van der Waals surface area contributed by atoms with Crippen molar-refractivity contribution in [3.05, 3.63) is 28.2 Å². The number of methoxy groups -OCH3 is 1. The Hall–Kier alpha value is -0.790. The summed E-state index contributed by atoms with van der Waals surface area (Å²) in [5.74, 6) is 0.198. The topological polar surface area (TPSA) is 30.5 Å². The number of halogens is 4. The van der Waals surface area contributed by atoms with Crippen LogP contribution in [0.3, 0.4) is 0 Å². The molecule has 0 heterocycles. The van der Waals surface area contributed by atoms with E-state index < -0.39 is 12.8 Å². The van der Waals surface area contributed by atoms with Gasteiger partial charge in [-0.1, -0.05) is 15.9 Å². The summed E-state index contributed by atoms with van der Waals surface area (Å²) in [5, 5.41) is 3.11. The van der Waals surface area contributed by atoms with Crippen molar-refractivity contribution in [1.29, 1.82) is 0 Å². The van der Waals surface area contributed by atoms with Crippen molar-refractivity contribution in [2.75, 3.05) is 26.9 Å². The second-order valence-electron chi connectivity index (χ2n) is 3.83. The summed E-state index contributed by atoms with van der Waals surface area (Å²) in [4.78, 5) is 0. The minimum Gasteiger partial charge on any atom is -0.484 e. The lowest BCUT2D eigenvalue weighted by Gasteiger charge is -2.12. The van der Waals surface area contributed by atoms with Crippen LogP contribution in [0.25, 0.3) is 0 Å². The Bertz CT molecular complexity index is 399. The maximum Gasteiger partial charge on any atom is 0.422 e. The van der Waals surface area contributed by atoms with E-state index in [9.17, 15) is 13.2 Å². The molecule has 0 fully saturated rings. The Morgan fingerprint density at radius 1 is 1.32 bits per heavy atom. The number of benzene rings is 1. The maximum atomic E-state index is 12.0. The van der Waals surface area contributed by atoms with Crippen LogP contribution in [0.4, 0.5) is 13.2 Å². The van der Waals surface area contributed by atoms with Gasteiger partial charge in [-0.25, -0.2) is 0 Å². The van der Waals surface area contributed by atoms with Gasteiger partial charge >= 0.3 is 6.18 Å². The molecule has 7 heteroatoms. The van der Waals surface area contributed by atoms with Crippen LogP contribution >= 0.6 is 15.9 Å². The molecule has 0 atom stereocenters. The Kier molecular flexibility index (Phi) is 6.60. The third-order valence-corrected chi connectivity index (χ3v) is 2.99. The Morgan fingerprint density at radius 2 is 2.05 bits per heavy atom. The van der Waals surface area contributed by atoms with E-state index in [2.05, 4.69) is 21.2 Å². The average Bonchev–Trinajstić information content (AvgIpc) is 2.34. The van der Waals surface area contributed by atoms with E-state index >= 15 is 0 Å². The number of nitrogens with one attached hydrogen (secondary N) is 1. The van der Waals surface area contributed by atoms with Gasteiger partial charge in [0.25, 0.3) is 0 Å². The lowest BCUT2D eigenvalue weighted by molar-refractivity contribution is -0.153. The minimum atomic E-state index is -4.33. The fraction of sp³-hybridized carbons (Fsp3) is 0.500. The van der Waals surface area contributed by atoms with Gasteiger partial charge in [-0.2, -0.15) is 13.2 Å². The first-order valence-electron chi connectivity index (χ1n) is 5.60. The number of ether oxygens (including phenoxy) is 2. The number of rotatable bonds is 7. The summed E-state index contributed by atoms with van der Waals surface area (Å²) in [5.41, 5.74) is 0.829. The first-order valence-corrected chi connectivity index (χ1v) is 6.39. The lowest BCUT2D eigenvalue weighted by Crippen LogP contribution is -2.20. The predicted molar refractivity (Wildman–Crippen MR) is 69.3 cm³/mol. The van der Waals surface area contributed by atoms with Crippen LogP contribution in [0.5, 0.6) is 5.75 Å². The highest BCUT2D eigenvalue weighted by molar-refractivity contribution is 9.10. The van der Waals surface area contributed by atoms with E-state index in [4.69, 9.17) is 9.47 Å². The number of alkyl halides is 3. The molecule has 108 valence electrons. The van der Waals surface area contributed by atoms with E-state index in [1.165, 1.54) is 6.07 Å². The SMILES string of the molecule is COCCNCc1cc(OCC(F)(F)F)ccc1Br. The molecule has 0 unspecified atom stereocenters. The zero-order valence-electron chi connectivity index (χ0n) is 10.4. The molecule has 3 nitrogen and oxygen atoms in total. The molecule has 0 aliphatic rings. The molecule has 0 radical (unpaired) electrons. The van der Waals surface area contributed by atoms with Crippen LogP contribution in [-0.2, 0) is 11.3 Å². The largest absolute Gasteiger partial charge is 0.484 e. The number of hydrogen-bond acceptors (Lipinski definition) is 3. The second kappa shape index (κ2) is 7.72. The zero-order valence-corrected chi connectivity index (χ0v) is 12.0. The maximum absolute atomic E-state index is 12.0. The highest BCUT2D eigenvalue weighted by atomic mass is 79.9. The standard InChI is InChI=1S/C12H15BrF3NO2/c1-18-5-4-17-7-9-6-10(2-3-11(9)13)19-8-12(14,15)16/h2-3,6,17H,4-5,7-8H2,1H3. The van der Waals surface area contributed by atoms with E-state index in [1.54, 1.807) is 19.2 Å².